The average Bonchev–Trinajstić information content (AvgIpc) is 2.01. The zero-order valence-corrected chi connectivity index (χ0v) is 7.89. The third kappa shape index (κ3) is 7.40. The number of esters is 1. The molecule has 1 amide bonds. The largest absolute Gasteiger partial charge is 0.456 e. The van der Waals surface area contributed by atoms with Gasteiger partial charge in [-0.2, -0.15) is 12.6 Å². The molecule has 0 radical (unpaired) electrons. The van der Waals surface area contributed by atoms with Gasteiger partial charge in [0.2, 0.25) is 0 Å². The van der Waals surface area contributed by atoms with Crippen molar-refractivity contribution in [2.24, 2.45) is 0 Å². The van der Waals surface area contributed by atoms with Gasteiger partial charge in [0, 0.05) is 13.5 Å². The average molecular weight is 191 g/mol. The molecular formula is C7H13NO3S. The third-order valence-electron chi connectivity index (χ3n) is 1.06. The van der Waals surface area contributed by atoms with Crippen LogP contribution in [0.1, 0.15) is 13.3 Å². The third-order valence-corrected chi connectivity index (χ3v) is 1.38. The molecule has 0 saturated carbocycles. The molecule has 0 aliphatic rings. The Hall–Kier alpha value is -0.710. The fourth-order valence-corrected chi connectivity index (χ4v) is 0.683. The van der Waals surface area contributed by atoms with Crippen LogP contribution in [0.15, 0.2) is 0 Å². The van der Waals surface area contributed by atoms with E-state index < -0.39 is 5.97 Å². The van der Waals surface area contributed by atoms with Crippen LogP contribution in [0.4, 0.5) is 0 Å². The highest BCUT2D eigenvalue weighted by Gasteiger charge is 2.01. The maximum absolute atomic E-state index is 10.8. The number of nitrogens with one attached hydrogen (secondary N) is 1. The fraction of sp³-hybridized carbons (Fsp3) is 0.714. The summed E-state index contributed by atoms with van der Waals surface area (Å²) in [7, 11) is 0. The van der Waals surface area contributed by atoms with Crippen LogP contribution < -0.4 is 5.32 Å². The van der Waals surface area contributed by atoms with E-state index in [4.69, 9.17) is 0 Å². The molecule has 0 atom stereocenters. The zero-order chi connectivity index (χ0) is 9.40. The Bertz CT molecular complexity index is 161. The number of ether oxygens (including phenoxy) is 1. The molecule has 0 fully saturated rings. The fourth-order valence-electron chi connectivity index (χ4n) is 0.525. The van der Waals surface area contributed by atoms with Gasteiger partial charge in [-0.3, -0.25) is 9.59 Å². The van der Waals surface area contributed by atoms with Gasteiger partial charge in [0.1, 0.15) is 0 Å². The van der Waals surface area contributed by atoms with Gasteiger partial charge in [-0.15, -0.1) is 0 Å². The summed E-state index contributed by atoms with van der Waals surface area (Å²) in [6.45, 7) is 1.65. The van der Waals surface area contributed by atoms with Crippen molar-refractivity contribution in [3.63, 3.8) is 0 Å². The van der Waals surface area contributed by atoms with Crippen LogP contribution in [0.5, 0.6) is 0 Å². The van der Waals surface area contributed by atoms with Gasteiger partial charge in [-0.25, -0.2) is 0 Å². The van der Waals surface area contributed by atoms with Crippen LogP contribution in [0.2, 0.25) is 0 Å². The molecule has 0 aromatic heterocycles. The number of carbonyl (C=O) groups excluding carboxylic acids is 2. The summed E-state index contributed by atoms with van der Waals surface area (Å²) in [6, 6.07) is 0. The maximum Gasteiger partial charge on any atom is 0.303 e. The molecule has 0 aliphatic carbocycles. The molecule has 12 heavy (non-hydrogen) atoms. The Morgan fingerprint density at radius 2 is 2.17 bits per heavy atom. The minimum absolute atomic E-state index is 0.193. The van der Waals surface area contributed by atoms with E-state index in [1.165, 1.54) is 6.92 Å². The maximum atomic E-state index is 10.8. The van der Waals surface area contributed by atoms with Crippen LogP contribution in [-0.4, -0.2) is 30.8 Å². The molecular weight excluding hydrogens is 178 g/mol. The Morgan fingerprint density at radius 1 is 1.50 bits per heavy atom. The Morgan fingerprint density at radius 3 is 2.67 bits per heavy atom. The van der Waals surface area contributed by atoms with Crippen molar-refractivity contribution in [1.29, 1.82) is 0 Å². The number of rotatable bonds is 5. The van der Waals surface area contributed by atoms with Crippen molar-refractivity contribution < 1.29 is 14.3 Å². The van der Waals surface area contributed by atoms with Crippen LogP contribution >= 0.6 is 12.6 Å². The van der Waals surface area contributed by atoms with Crippen LogP contribution in [-0.2, 0) is 14.3 Å². The van der Waals surface area contributed by atoms with Crippen molar-refractivity contribution in [3.8, 4) is 0 Å². The number of hydrogen-bond donors (Lipinski definition) is 2. The Balaban J connectivity index is 3.28. The molecule has 1 N–H and O–H groups in total. The molecule has 0 spiro atoms. The predicted octanol–water partition coefficient (Wildman–Crippen LogP) is -0.0144. The van der Waals surface area contributed by atoms with Gasteiger partial charge in [-0.05, 0) is 12.2 Å². The molecule has 0 unspecified atom stereocenters. The second-order valence-corrected chi connectivity index (χ2v) is 2.65. The second-order valence-electron chi connectivity index (χ2n) is 2.21. The molecule has 0 bridgehead atoms. The lowest BCUT2D eigenvalue weighted by Gasteiger charge is -2.03. The first-order valence-corrected chi connectivity index (χ1v) is 4.31. The van der Waals surface area contributed by atoms with Gasteiger partial charge in [0.25, 0.3) is 5.91 Å². The molecule has 70 valence electrons. The highest BCUT2D eigenvalue weighted by Crippen LogP contribution is 1.81. The van der Waals surface area contributed by atoms with E-state index in [1.807, 2.05) is 0 Å². The van der Waals surface area contributed by atoms with Crippen molar-refractivity contribution in [3.05, 3.63) is 0 Å². The standard InChI is InChI=1S/C7H13NO3S/c1-6(9)11-5-7(10)8-3-2-4-12/h12H,2-5H2,1H3,(H,8,10). The van der Waals surface area contributed by atoms with Gasteiger partial charge < -0.3 is 10.1 Å². The van der Waals surface area contributed by atoms with E-state index in [2.05, 4.69) is 22.7 Å². The highest BCUT2D eigenvalue weighted by molar-refractivity contribution is 7.80. The number of amides is 1. The summed E-state index contributed by atoms with van der Waals surface area (Å²) in [4.78, 5) is 21.1. The first kappa shape index (κ1) is 11.3. The van der Waals surface area contributed by atoms with E-state index in [0.29, 0.717) is 6.54 Å². The number of thiol groups is 1. The molecule has 0 aromatic carbocycles. The summed E-state index contributed by atoms with van der Waals surface area (Å²) < 4.78 is 4.46. The molecule has 0 heterocycles. The van der Waals surface area contributed by atoms with Crippen molar-refractivity contribution in [2.45, 2.75) is 13.3 Å². The Kier molecular flexibility index (Phi) is 6.55. The van der Waals surface area contributed by atoms with E-state index in [-0.39, 0.29) is 12.5 Å². The van der Waals surface area contributed by atoms with Crippen LogP contribution in [0.25, 0.3) is 0 Å². The van der Waals surface area contributed by atoms with E-state index >= 15 is 0 Å². The monoisotopic (exact) mass is 191 g/mol. The number of carbonyl (C=O) groups is 2. The van der Waals surface area contributed by atoms with Gasteiger partial charge >= 0.3 is 5.97 Å². The summed E-state index contributed by atoms with van der Waals surface area (Å²) in [5.74, 6) is 0.0136. The quantitative estimate of drug-likeness (QED) is 0.365. The van der Waals surface area contributed by atoms with Gasteiger partial charge in [-0.1, -0.05) is 0 Å². The second kappa shape index (κ2) is 6.97. The summed E-state index contributed by atoms with van der Waals surface area (Å²) in [5, 5.41) is 2.57. The van der Waals surface area contributed by atoms with E-state index in [0.717, 1.165) is 12.2 Å². The summed E-state index contributed by atoms with van der Waals surface area (Å²) in [6.07, 6.45) is 0.814. The highest BCUT2D eigenvalue weighted by atomic mass is 32.1. The first-order valence-electron chi connectivity index (χ1n) is 3.67. The minimum Gasteiger partial charge on any atom is -0.456 e. The zero-order valence-electron chi connectivity index (χ0n) is 7.00. The first-order chi connectivity index (χ1) is 5.66. The van der Waals surface area contributed by atoms with Gasteiger partial charge in [0.15, 0.2) is 6.61 Å². The van der Waals surface area contributed by atoms with E-state index in [9.17, 15) is 9.59 Å². The van der Waals surface area contributed by atoms with Crippen LogP contribution in [0.3, 0.4) is 0 Å². The summed E-state index contributed by atoms with van der Waals surface area (Å²) in [5.41, 5.74) is 0. The SMILES string of the molecule is CC(=O)OCC(=O)NCCCS. The van der Waals surface area contributed by atoms with E-state index in [1.54, 1.807) is 0 Å². The molecule has 0 rings (SSSR count). The van der Waals surface area contributed by atoms with Gasteiger partial charge in [0.05, 0.1) is 0 Å². The number of hydrogen-bond acceptors (Lipinski definition) is 4. The lowest BCUT2D eigenvalue weighted by atomic mass is 10.4. The lowest BCUT2D eigenvalue weighted by Crippen LogP contribution is -2.29. The minimum atomic E-state index is -0.445. The van der Waals surface area contributed by atoms with Crippen molar-refractivity contribution in [2.75, 3.05) is 18.9 Å². The smallest absolute Gasteiger partial charge is 0.303 e. The molecule has 4 nitrogen and oxygen atoms in total. The predicted molar refractivity (Wildman–Crippen MR) is 48.1 cm³/mol. The van der Waals surface area contributed by atoms with Crippen LogP contribution in [0, 0.1) is 0 Å². The molecule has 0 aromatic rings. The Labute approximate surface area is 77.1 Å². The lowest BCUT2D eigenvalue weighted by molar-refractivity contribution is -0.146. The molecule has 0 aliphatic heterocycles. The molecule has 5 heteroatoms. The normalized spacial score (nSPS) is 9.17. The summed E-state index contributed by atoms with van der Waals surface area (Å²) >= 11 is 3.97. The topological polar surface area (TPSA) is 55.4 Å². The van der Waals surface area contributed by atoms with Crippen molar-refractivity contribution >= 4 is 24.5 Å². The molecule has 0 saturated heterocycles. The van der Waals surface area contributed by atoms with Crippen molar-refractivity contribution in [1.82, 2.24) is 5.32 Å².